The number of ether oxygens (including phenoxy) is 2. The van der Waals surface area contributed by atoms with Gasteiger partial charge in [-0.2, -0.15) is 13.5 Å². The van der Waals surface area contributed by atoms with Gasteiger partial charge >= 0.3 is 10.4 Å². The van der Waals surface area contributed by atoms with Gasteiger partial charge in [-0.25, -0.2) is 4.98 Å². The third-order valence-electron chi connectivity index (χ3n) is 10.6. The molecule has 0 spiro atoms. The maximum Gasteiger partial charge on any atom is 0.418 e. The van der Waals surface area contributed by atoms with E-state index in [0.29, 0.717) is 10.1 Å². The summed E-state index contributed by atoms with van der Waals surface area (Å²) in [5, 5.41) is 19.0. The van der Waals surface area contributed by atoms with Gasteiger partial charge < -0.3 is 14.3 Å². The van der Waals surface area contributed by atoms with Crippen LogP contribution in [0.4, 0.5) is 0 Å². The minimum atomic E-state index is -5.00. The number of β-lactam (4-membered cyclic amide) rings is 1. The molecule has 14 nitrogen and oxygen atoms in total. The highest BCUT2D eigenvalue weighted by molar-refractivity contribution is 7.80. The third kappa shape index (κ3) is 10.3. The van der Waals surface area contributed by atoms with E-state index in [1.165, 1.54) is 31.4 Å². The molecule has 7 rings (SSSR count). The third-order valence-corrected chi connectivity index (χ3v) is 11.7. The monoisotopic (exact) mass is 891 g/mol. The van der Waals surface area contributed by atoms with E-state index in [2.05, 4.69) is 14.4 Å². The summed E-state index contributed by atoms with van der Waals surface area (Å²) in [5.41, 5.74) is 2.39. The van der Waals surface area contributed by atoms with Crippen LogP contribution in [0.15, 0.2) is 144 Å². The Morgan fingerprint density at radius 2 is 1.32 bits per heavy atom. The molecule has 1 unspecified atom stereocenters. The second kappa shape index (κ2) is 18.9. The number of hydrogen-bond acceptors (Lipinski definition) is 12. The van der Waals surface area contributed by atoms with Crippen molar-refractivity contribution in [1.82, 2.24) is 10.0 Å². The SMILES string of the molecule is Cc1nc(/C(=N/OC(c2cc(OC(c3ccccc3)c3ccccc3)c(OC(c3ccccc3)c3ccccc3)c[n+]2O)C(C)C)C(=O)C[C@@H]2C(=O)N(OS(=O)(=O)O)C2(C)C)cs1. The summed E-state index contributed by atoms with van der Waals surface area (Å²) in [5.74, 6) is -2.33. The molecule has 1 aliphatic heterocycles. The van der Waals surface area contributed by atoms with Crippen LogP contribution in [0.2, 0.25) is 0 Å². The molecule has 2 N–H and O–H groups in total. The molecular formula is C47H47N4O10S2+. The molecule has 63 heavy (non-hydrogen) atoms. The Morgan fingerprint density at radius 3 is 1.73 bits per heavy atom. The average Bonchev–Trinajstić information content (AvgIpc) is 3.71. The molecule has 1 fully saturated rings. The zero-order valence-electron chi connectivity index (χ0n) is 35.1. The molecule has 1 aliphatic rings. The van der Waals surface area contributed by atoms with Gasteiger partial charge in [0.15, 0.2) is 17.2 Å². The number of ketones is 1. The number of hydroxylamine groups is 2. The minimum Gasteiger partial charge on any atom is -0.477 e. The quantitative estimate of drug-likeness (QED) is 0.0212. The van der Waals surface area contributed by atoms with E-state index in [9.17, 15) is 27.8 Å². The lowest BCUT2D eigenvalue weighted by Gasteiger charge is -2.50. The molecule has 6 aromatic rings. The number of Topliss-reactive ketones (excluding diaryl/α,β-unsaturated/α-hetero) is 1. The van der Waals surface area contributed by atoms with E-state index in [0.717, 1.165) is 27.0 Å². The predicted octanol–water partition coefficient (Wildman–Crippen LogP) is 8.36. The standard InChI is InChI=1S/C47H46N4O10S2/c1-30(2)43(60-49-42(37-29-62-31(3)48-37)39(52)26-36-46(53)51(47(36,4)5)61-63(55,56)57)38-27-40(58-44(32-18-10-6-11-19-32)33-20-12-7-13-21-33)41(28-50(38)54)59-45(34-22-14-8-15-23-34)35-24-16-9-17-25-35/h6-25,27-30,36,43-45H,26H2,1-5H3,(H-,54,55,56,57)/p+1/b49-42-/t36-,43?/m1/s1. The van der Waals surface area contributed by atoms with Crippen LogP contribution in [-0.4, -0.2) is 51.2 Å². The number of aryl methyl sites for hydroxylation is 1. The zero-order chi connectivity index (χ0) is 44.9. The van der Waals surface area contributed by atoms with Crippen molar-refractivity contribution in [3.63, 3.8) is 0 Å². The van der Waals surface area contributed by atoms with Crippen molar-refractivity contribution in [2.75, 3.05) is 0 Å². The summed E-state index contributed by atoms with van der Waals surface area (Å²) in [4.78, 5) is 37.8. The van der Waals surface area contributed by atoms with Crippen molar-refractivity contribution >= 4 is 39.1 Å². The van der Waals surface area contributed by atoms with Crippen molar-refractivity contribution in [1.29, 1.82) is 0 Å². The molecular weight excluding hydrogens is 845 g/mol. The number of nitrogens with zero attached hydrogens (tertiary/aromatic N) is 4. The van der Waals surface area contributed by atoms with Gasteiger partial charge in [0, 0.05) is 22.4 Å². The molecule has 326 valence electrons. The van der Waals surface area contributed by atoms with Gasteiger partial charge in [0.2, 0.25) is 11.9 Å². The second-order valence-electron chi connectivity index (χ2n) is 15.8. The van der Waals surface area contributed by atoms with Crippen molar-refractivity contribution in [3.8, 4) is 11.5 Å². The topological polar surface area (TPSA) is 178 Å². The Labute approximate surface area is 369 Å². The average molecular weight is 892 g/mol. The number of hydrogen-bond donors (Lipinski definition) is 2. The lowest BCUT2D eigenvalue weighted by molar-refractivity contribution is -0.911. The van der Waals surface area contributed by atoms with Crippen molar-refractivity contribution < 1.29 is 51.1 Å². The van der Waals surface area contributed by atoms with E-state index >= 15 is 0 Å². The first-order chi connectivity index (χ1) is 30.1. The van der Waals surface area contributed by atoms with Crippen LogP contribution in [0.25, 0.3) is 0 Å². The lowest BCUT2D eigenvalue weighted by atomic mass is 9.74. The van der Waals surface area contributed by atoms with Gasteiger partial charge in [0.1, 0.15) is 17.9 Å². The molecule has 1 amide bonds. The van der Waals surface area contributed by atoms with Gasteiger partial charge in [-0.1, -0.05) is 140 Å². The van der Waals surface area contributed by atoms with Crippen molar-refractivity contribution in [2.24, 2.45) is 17.0 Å². The number of carbonyl (C=O) groups is 2. The Kier molecular flexibility index (Phi) is 13.4. The second-order valence-corrected chi connectivity index (χ2v) is 17.9. The van der Waals surface area contributed by atoms with E-state index in [-0.39, 0.29) is 34.5 Å². The summed E-state index contributed by atoms with van der Waals surface area (Å²) in [6.07, 6.45) is -1.21. The highest BCUT2D eigenvalue weighted by Crippen LogP contribution is 2.42. The predicted molar refractivity (Wildman–Crippen MR) is 233 cm³/mol. The molecule has 0 bridgehead atoms. The summed E-state index contributed by atoms with van der Waals surface area (Å²) in [6.45, 7) is 8.48. The number of thiazole rings is 1. The zero-order valence-corrected chi connectivity index (χ0v) is 36.8. The maximum atomic E-state index is 14.1. The number of amides is 1. The number of rotatable bonds is 18. The fourth-order valence-electron chi connectivity index (χ4n) is 7.32. The first-order valence-corrected chi connectivity index (χ1v) is 22.4. The smallest absolute Gasteiger partial charge is 0.418 e. The summed E-state index contributed by atoms with van der Waals surface area (Å²) >= 11 is 1.28. The summed E-state index contributed by atoms with van der Waals surface area (Å²) in [7, 11) is -5.00. The van der Waals surface area contributed by atoms with Gasteiger partial charge in [-0.3, -0.25) is 19.3 Å². The highest BCUT2D eigenvalue weighted by atomic mass is 32.3. The van der Waals surface area contributed by atoms with E-state index in [1.54, 1.807) is 18.4 Å². The number of benzene rings is 4. The van der Waals surface area contributed by atoms with E-state index in [4.69, 9.17) is 14.3 Å². The van der Waals surface area contributed by atoms with E-state index < -0.39 is 58.3 Å². The largest absolute Gasteiger partial charge is 0.477 e. The number of aromatic nitrogens is 2. The molecule has 2 atom stereocenters. The number of pyridine rings is 1. The van der Waals surface area contributed by atoms with Gasteiger partial charge in [-0.15, -0.1) is 15.6 Å². The van der Waals surface area contributed by atoms with Crippen LogP contribution in [0.1, 0.15) is 91.1 Å². The molecule has 4 aromatic carbocycles. The van der Waals surface area contributed by atoms with E-state index in [1.807, 2.05) is 135 Å². The fourth-order valence-corrected chi connectivity index (χ4v) is 8.38. The first kappa shape index (κ1) is 44.6. The Balaban J connectivity index is 1.29. The fraction of sp³-hybridized carbons (Fsp3) is 0.255. The molecule has 2 aromatic heterocycles. The van der Waals surface area contributed by atoms with Crippen molar-refractivity contribution in [2.45, 2.75) is 64.9 Å². The van der Waals surface area contributed by atoms with Crippen LogP contribution in [0.3, 0.4) is 0 Å². The molecule has 0 saturated carbocycles. The minimum absolute atomic E-state index is 0.189. The molecule has 16 heteroatoms. The van der Waals surface area contributed by atoms with Crippen LogP contribution in [-0.2, 0) is 29.1 Å². The van der Waals surface area contributed by atoms with Gasteiger partial charge in [0.05, 0.1) is 22.5 Å². The number of carbonyl (C=O) groups excluding carboxylic acids is 2. The summed E-state index contributed by atoms with van der Waals surface area (Å²) in [6, 6.07) is 40.5. The maximum absolute atomic E-state index is 14.1. The van der Waals surface area contributed by atoms with Gasteiger partial charge in [-0.05, 0) is 43.0 Å². The van der Waals surface area contributed by atoms with Crippen LogP contribution in [0, 0.1) is 18.8 Å². The normalized spacial score (nSPS) is 15.6. The molecule has 0 radical (unpaired) electrons. The Morgan fingerprint density at radius 1 is 0.841 bits per heavy atom. The van der Waals surface area contributed by atoms with Crippen LogP contribution in [0.5, 0.6) is 11.5 Å². The first-order valence-electron chi connectivity index (χ1n) is 20.1. The Hall–Kier alpha value is -6.46. The highest BCUT2D eigenvalue weighted by Gasteiger charge is 2.57. The lowest BCUT2D eigenvalue weighted by Crippen LogP contribution is -2.68. The van der Waals surface area contributed by atoms with Crippen LogP contribution >= 0.6 is 11.3 Å². The summed E-state index contributed by atoms with van der Waals surface area (Å²) < 4.78 is 51.3. The molecule has 3 heterocycles. The van der Waals surface area contributed by atoms with Crippen LogP contribution < -0.4 is 14.2 Å². The van der Waals surface area contributed by atoms with Gasteiger partial charge in [0.25, 0.3) is 17.8 Å². The number of oxime groups is 1. The molecule has 0 aliphatic carbocycles. The molecule has 1 saturated heterocycles. The Bertz CT molecular complexity index is 2600. The van der Waals surface area contributed by atoms with Crippen molar-refractivity contribution in [3.05, 3.63) is 178 Å².